The Labute approximate surface area is 204 Å². The SMILES string of the molecule is CC([C@H](O)CC(C)C(C)(C)O)[C@H]1CC[C@@]2(O)C3=CC(=O)[C@@H]4C[C@@H](O)[C@@H](O)C[C@]4(C)C3CC[C@]12C. The highest BCUT2D eigenvalue weighted by molar-refractivity contribution is 5.95. The summed E-state index contributed by atoms with van der Waals surface area (Å²) in [6.07, 6.45) is 3.48. The summed E-state index contributed by atoms with van der Waals surface area (Å²) in [7, 11) is 0. The molecule has 0 aliphatic heterocycles. The van der Waals surface area contributed by atoms with Crippen molar-refractivity contribution in [3.8, 4) is 0 Å². The average molecular weight is 479 g/mol. The highest BCUT2D eigenvalue weighted by atomic mass is 16.3. The van der Waals surface area contributed by atoms with Crippen LogP contribution in [0, 0.1) is 40.4 Å². The third-order valence-electron chi connectivity index (χ3n) is 11.2. The van der Waals surface area contributed by atoms with Crippen molar-refractivity contribution in [3.05, 3.63) is 11.6 Å². The minimum absolute atomic E-state index is 0.00427. The van der Waals surface area contributed by atoms with Crippen LogP contribution in [0.3, 0.4) is 0 Å². The number of hydrogen-bond donors (Lipinski definition) is 5. The Kier molecular flexibility index (Phi) is 6.47. The maximum absolute atomic E-state index is 13.3. The van der Waals surface area contributed by atoms with Crippen LogP contribution in [0.5, 0.6) is 0 Å². The van der Waals surface area contributed by atoms with Crippen molar-refractivity contribution in [2.75, 3.05) is 0 Å². The van der Waals surface area contributed by atoms with E-state index in [1.807, 2.05) is 6.92 Å². The van der Waals surface area contributed by atoms with Crippen LogP contribution in [0.25, 0.3) is 0 Å². The van der Waals surface area contributed by atoms with Crippen LogP contribution in [0.2, 0.25) is 0 Å². The molecule has 4 rings (SSSR count). The molecule has 3 fully saturated rings. The molecule has 4 aliphatic carbocycles. The first-order chi connectivity index (χ1) is 15.6. The Morgan fingerprint density at radius 2 is 1.74 bits per heavy atom. The lowest BCUT2D eigenvalue weighted by Crippen LogP contribution is -2.61. The molecule has 3 unspecified atom stereocenters. The number of ketones is 1. The maximum atomic E-state index is 13.3. The molecule has 34 heavy (non-hydrogen) atoms. The van der Waals surface area contributed by atoms with Crippen LogP contribution in [0.15, 0.2) is 11.6 Å². The summed E-state index contributed by atoms with van der Waals surface area (Å²) < 4.78 is 0. The highest BCUT2D eigenvalue weighted by Crippen LogP contribution is 2.68. The fourth-order valence-corrected chi connectivity index (χ4v) is 8.39. The lowest BCUT2D eigenvalue weighted by atomic mass is 9.46. The summed E-state index contributed by atoms with van der Waals surface area (Å²) in [5.74, 6) is -0.359. The Bertz CT molecular complexity index is 846. The van der Waals surface area contributed by atoms with Gasteiger partial charge in [0, 0.05) is 11.3 Å². The molecule has 194 valence electrons. The van der Waals surface area contributed by atoms with E-state index in [1.165, 1.54) is 0 Å². The van der Waals surface area contributed by atoms with E-state index in [0.29, 0.717) is 19.3 Å². The van der Waals surface area contributed by atoms with E-state index >= 15 is 0 Å². The van der Waals surface area contributed by atoms with Gasteiger partial charge in [0.2, 0.25) is 0 Å². The van der Waals surface area contributed by atoms with Gasteiger partial charge < -0.3 is 25.5 Å². The number of carbonyl (C=O) groups is 1. The predicted molar refractivity (Wildman–Crippen MR) is 130 cm³/mol. The molecular weight excluding hydrogens is 432 g/mol. The van der Waals surface area contributed by atoms with Gasteiger partial charge >= 0.3 is 0 Å². The first-order valence-corrected chi connectivity index (χ1v) is 13.3. The molecular formula is C28H46O6. The van der Waals surface area contributed by atoms with E-state index in [1.54, 1.807) is 19.9 Å². The van der Waals surface area contributed by atoms with Gasteiger partial charge in [-0.05, 0) is 99.5 Å². The van der Waals surface area contributed by atoms with Crippen LogP contribution in [0.4, 0.5) is 0 Å². The monoisotopic (exact) mass is 478 g/mol. The van der Waals surface area contributed by atoms with Crippen LogP contribution < -0.4 is 0 Å². The minimum atomic E-state index is -1.11. The van der Waals surface area contributed by atoms with Crippen LogP contribution >= 0.6 is 0 Å². The van der Waals surface area contributed by atoms with Crippen molar-refractivity contribution in [1.82, 2.24) is 0 Å². The summed E-state index contributed by atoms with van der Waals surface area (Å²) in [6.45, 7) is 11.8. The van der Waals surface area contributed by atoms with E-state index in [4.69, 9.17) is 0 Å². The summed E-state index contributed by atoms with van der Waals surface area (Å²) in [6, 6.07) is 0. The minimum Gasteiger partial charge on any atom is -0.393 e. The molecule has 0 spiro atoms. The molecule has 0 radical (unpaired) electrons. The summed E-state index contributed by atoms with van der Waals surface area (Å²) in [5, 5.41) is 54.4. The zero-order valence-electron chi connectivity index (χ0n) is 21.8. The molecule has 5 N–H and O–H groups in total. The molecule has 0 saturated heterocycles. The predicted octanol–water partition coefficient (Wildman–Crippen LogP) is 2.99. The zero-order chi connectivity index (χ0) is 25.4. The van der Waals surface area contributed by atoms with Gasteiger partial charge in [-0.15, -0.1) is 0 Å². The first-order valence-electron chi connectivity index (χ1n) is 13.3. The average Bonchev–Trinajstić information content (AvgIpc) is 3.00. The molecule has 0 aromatic carbocycles. The van der Waals surface area contributed by atoms with E-state index in [-0.39, 0.29) is 41.8 Å². The van der Waals surface area contributed by atoms with Crippen LogP contribution in [-0.2, 0) is 4.79 Å². The van der Waals surface area contributed by atoms with E-state index in [2.05, 4.69) is 20.8 Å². The maximum Gasteiger partial charge on any atom is 0.159 e. The Morgan fingerprint density at radius 3 is 2.35 bits per heavy atom. The van der Waals surface area contributed by atoms with Crippen molar-refractivity contribution < 1.29 is 30.3 Å². The normalized spacial score (nSPS) is 47.2. The number of aliphatic hydroxyl groups excluding tert-OH is 3. The number of aliphatic hydroxyl groups is 5. The first kappa shape index (κ1) is 26.3. The van der Waals surface area contributed by atoms with E-state index in [9.17, 15) is 30.3 Å². The van der Waals surface area contributed by atoms with Crippen LogP contribution in [-0.4, -0.2) is 60.8 Å². The van der Waals surface area contributed by atoms with Gasteiger partial charge in [-0.2, -0.15) is 0 Å². The van der Waals surface area contributed by atoms with Gasteiger partial charge in [-0.1, -0.05) is 27.7 Å². The van der Waals surface area contributed by atoms with Gasteiger partial charge in [0.05, 0.1) is 29.5 Å². The standard InChI is InChI=1S/C28H46O6/c1-15(25(3,4)33)11-21(29)16(2)17-8-10-28(34)19-12-22(30)20-13-23(31)24(32)14-26(20,5)18(19)7-9-27(17,28)6/h12,15-18,20-21,23-24,29,31-34H,7-11,13-14H2,1-6H3/t15?,16?,17-,18?,20+,21-,23-,24+,26-,27-,28-/m1/s1. The third kappa shape index (κ3) is 3.75. The van der Waals surface area contributed by atoms with Crippen molar-refractivity contribution >= 4 is 5.78 Å². The number of hydrogen-bond acceptors (Lipinski definition) is 6. The van der Waals surface area contributed by atoms with Crippen molar-refractivity contribution in [2.24, 2.45) is 40.4 Å². The molecule has 6 heteroatoms. The Hall–Kier alpha value is -0.790. The van der Waals surface area contributed by atoms with E-state index in [0.717, 1.165) is 24.8 Å². The Morgan fingerprint density at radius 1 is 1.09 bits per heavy atom. The fraction of sp³-hybridized carbons (Fsp3) is 0.893. The van der Waals surface area contributed by atoms with Crippen LogP contribution in [0.1, 0.15) is 86.5 Å². The number of fused-ring (bicyclic) bond motifs is 5. The lowest BCUT2D eigenvalue weighted by Gasteiger charge is -2.60. The topological polar surface area (TPSA) is 118 Å². The highest BCUT2D eigenvalue weighted by Gasteiger charge is 2.67. The molecule has 11 atom stereocenters. The smallest absolute Gasteiger partial charge is 0.159 e. The molecule has 0 amide bonds. The van der Waals surface area contributed by atoms with Gasteiger partial charge in [0.1, 0.15) is 0 Å². The second-order valence-corrected chi connectivity index (χ2v) is 13.4. The molecule has 3 saturated carbocycles. The summed E-state index contributed by atoms with van der Waals surface area (Å²) in [5.41, 5.74) is -2.08. The van der Waals surface area contributed by atoms with Gasteiger partial charge in [0.25, 0.3) is 0 Å². The van der Waals surface area contributed by atoms with Gasteiger partial charge in [0.15, 0.2) is 5.78 Å². The summed E-state index contributed by atoms with van der Waals surface area (Å²) in [4.78, 5) is 13.3. The van der Waals surface area contributed by atoms with Gasteiger partial charge in [-0.3, -0.25) is 4.79 Å². The molecule has 0 aromatic rings. The molecule has 0 aromatic heterocycles. The van der Waals surface area contributed by atoms with Gasteiger partial charge in [-0.25, -0.2) is 0 Å². The Balaban J connectivity index is 1.63. The number of carbonyl (C=O) groups excluding carboxylic acids is 1. The number of rotatable bonds is 5. The lowest BCUT2D eigenvalue weighted by molar-refractivity contribution is -0.154. The molecule has 0 bridgehead atoms. The fourth-order valence-electron chi connectivity index (χ4n) is 8.39. The van der Waals surface area contributed by atoms with E-state index < -0.39 is 40.3 Å². The molecule has 6 nitrogen and oxygen atoms in total. The quantitative estimate of drug-likeness (QED) is 0.415. The largest absolute Gasteiger partial charge is 0.393 e. The second-order valence-electron chi connectivity index (χ2n) is 13.4. The summed E-state index contributed by atoms with van der Waals surface area (Å²) >= 11 is 0. The van der Waals surface area contributed by atoms with Crippen molar-refractivity contribution in [3.63, 3.8) is 0 Å². The number of allylic oxidation sites excluding steroid dienone is 1. The van der Waals surface area contributed by atoms with Crippen molar-refractivity contribution in [2.45, 2.75) is 116 Å². The molecule has 4 aliphatic rings. The third-order valence-corrected chi connectivity index (χ3v) is 11.2. The second kappa shape index (κ2) is 8.37. The molecule has 0 heterocycles. The zero-order valence-corrected chi connectivity index (χ0v) is 21.8. The van der Waals surface area contributed by atoms with Crippen molar-refractivity contribution in [1.29, 1.82) is 0 Å².